The molecule has 3 atom stereocenters. The summed E-state index contributed by atoms with van der Waals surface area (Å²) in [7, 11) is -3.19. The summed E-state index contributed by atoms with van der Waals surface area (Å²) in [5, 5.41) is 4.77. The van der Waals surface area contributed by atoms with Crippen molar-refractivity contribution in [1.82, 2.24) is 9.88 Å². The molecule has 4 rings (SSSR count). The maximum atomic E-state index is 13.6. The first-order chi connectivity index (χ1) is 14.3. The minimum absolute atomic E-state index is 0.0339. The van der Waals surface area contributed by atoms with Crippen LogP contribution in [0.4, 0.5) is 0 Å². The van der Waals surface area contributed by atoms with Gasteiger partial charge in [-0.15, -0.1) is 0 Å². The highest BCUT2D eigenvalue weighted by atomic mass is 35.5. The third-order valence-electron chi connectivity index (χ3n) is 7.83. The molecule has 1 aromatic carbocycles. The fourth-order valence-corrected chi connectivity index (χ4v) is 7.13. The molecule has 1 aromatic heterocycles. The first-order valence-electron chi connectivity index (χ1n) is 10.7. The Bertz CT molecular complexity index is 1180. The van der Waals surface area contributed by atoms with E-state index in [0.717, 1.165) is 12.8 Å². The largest absolute Gasteiger partial charge is 0.348 e. The molecule has 1 amide bonds. The molecule has 1 heterocycles. The number of hydrogen-bond acceptors (Lipinski definition) is 3. The van der Waals surface area contributed by atoms with Crippen molar-refractivity contribution in [3.63, 3.8) is 0 Å². The fraction of sp³-hybridized carbons (Fsp3) is 0.609. The molecule has 2 aliphatic rings. The van der Waals surface area contributed by atoms with Crippen LogP contribution in [0.1, 0.15) is 56.1 Å². The molecule has 0 saturated heterocycles. The summed E-state index contributed by atoms with van der Waals surface area (Å²) >= 11 is 12.8. The van der Waals surface area contributed by atoms with Crippen molar-refractivity contribution in [3.05, 3.63) is 33.4 Å². The molecule has 0 aliphatic heterocycles. The van der Waals surface area contributed by atoms with Gasteiger partial charge in [-0.2, -0.15) is 0 Å². The van der Waals surface area contributed by atoms with Crippen molar-refractivity contribution >= 4 is 49.8 Å². The minimum Gasteiger partial charge on any atom is -0.348 e. The van der Waals surface area contributed by atoms with Gasteiger partial charge >= 0.3 is 0 Å². The zero-order chi connectivity index (χ0) is 22.9. The number of amides is 1. The molecule has 0 radical (unpaired) electrons. The number of benzene rings is 1. The highest BCUT2D eigenvalue weighted by Crippen LogP contribution is 2.62. The van der Waals surface area contributed by atoms with Gasteiger partial charge in [0.05, 0.1) is 26.9 Å². The van der Waals surface area contributed by atoms with E-state index in [9.17, 15) is 13.2 Å². The molecular weight excluding hydrogens is 455 g/mol. The highest BCUT2D eigenvalue weighted by molar-refractivity contribution is 7.90. The van der Waals surface area contributed by atoms with E-state index in [1.807, 2.05) is 11.5 Å². The molecule has 8 heteroatoms. The third kappa shape index (κ3) is 3.68. The van der Waals surface area contributed by atoms with E-state index in [-0.39, 0.29) is 35.1 Å². The van der Waals surface area contributed by atoms with Crippen LogP contribution < -0.4 is 5.32 Å². The molecule has 2 bridgehead atoms. The van der Waals surface area contributed by atoms with Crippen LogP contribution in [0.5, 0.6) is 0 Å². The Morgan fingerprint density at radius 1 is 1.26 bits per heavy atom. The number of nitrogens with zero attached hydrogens (tertiary/aromatic N) is 1. The van der Waals surface area contributed by atoms with Crippen LogP contribution in [0.3, 0.4) is 0 Å². The zero-order valence-corrected chi connectivity index (χ0v) is 21.0. The Morgan fingerprint density at radius 2 is 1.94 bits per heavy atom. The van der Waals surface area contributed by atoms with Crippen molar-refractivity contribution < 1.29 is 13.2 Å². The Hall–Kier alpha value is -1.24. The van der Waals surface area contributed by atoms with Gasteiger partial charge in [-0.05, 0) is 49.0 Å². The van der Waals surface area contributed by atoms with Crippen LogP contribution in [0.25, 0.3) is 10.9 Å². The lowest BCUT2D eigenvalue weighted by Crippen LogP contribution is -2.52. The Morgan fingerprint density at radius 3 is 2.52 bits per heavy atom. The summed E-state index contributed by atoms with van der Waals surface area (Å²) in [5.41, 5.74) is 1.99. The number of aromatic nitrogens is 1. The standard InChI is InChI=1S/C23H30Cl2N2O3S/c1-13-17(20(28)26-21-22(2,3)14-8-9-23(21,4)12-14)15-6-7-16(24)18(25)19(15)27(13)10-11-31(5,29)30/h6-7,14,21H,8-12H2,1-5H3,(H,26,28). The molecule has 0 spiro atoms. The molecule has 2 aliphatic carbocycles. The van der Waals surface area contributed by atoms with Gasteiger partial charge in [0.15, 0.2) is 0 Å². The van der Waals surface area contributed by atoms with Gasteiger partial charge in [-0.3, -0.25) is 4.79 Å². The molecule has 2 aromatic rings. The Kier molecular flexibility index (Phi) is 5.47. The predicted octanol–water partition coefficient (Wildman–Crippen LogP) is 5.25. The molecule has 3 unspecified atom stereocenters. The number of carbonyl (C=O) groups is 1. The average Bonchev–Trinajstić information content (AvgIpc) is 3.24. The summed E-state index contributed by atoms with van der Waals surface area (Å²) in [5.74, 6) is 0.441. The van der Waals surface area contributed by atoms with Crippen molar-refractivity contribution in [2.45, 2.75) is 59.5 Å². The van der Waals surface area contributed by atoms with Crippen LogP contribution >= 0.6 is 23.2 Å². The molecule has 1 N–H and O–H groups in total. The SMILES string of the molecule is Cc1c(C(=O)NC2C3(C)CCC(C3)C2(C)C)c2ccc(Cl)c(Cl)c2n1CCS(C)(=O)=O. The summed E-state index contributed by atoms with van der Waals surface area (Å²) in [6.45, 7) is 8.85. The molecule has 2 fully saturated rings. The molecule has 31 heavy (non-hydrogen) atoms. The lowest BCUT2D eigenvalue weighted by Gasteiger charge is -2.43. The van der Waals surface area contributed by atoms with Crippen LogP contribution in [0, 0.1) is 23.7 Å². The second-order valence-electron chi connectivity index (χ2n) is 10.3. The molecular formula is C23H30Cl2N2O3S. The lowest BCUT2D eigenvalue weighted by atomic mass is 9.68. The van der Waals surface area contributed by atoms with E-state index >= 15 is 0 Å². The van der Waals surface area contributed by atoms with Crippen molar-refractivity contribution in [3.8, 4) is 0 Å². The van der Waals surface area contributed by atoms with Gasteiger partial charge in [0, 0.05) is 29.9 Å². The maximum Gasteiger partial charge on any atom is 0.253 e. The van der Waals surface area contributed by atoms with Gasteiger partial charge in [0.2, 0.25) is 0 Å². The topological polar surface area (TPSA) is 68.2 Å². The fourth-order valence-electron chi connectivity index (χ4n) is 6.19. The number of sulfone groups is 1. The molecule has 170 valence electrons. The Labute approximate surface area is 194 Å². The number of carbonyl (C=O) groups excluding carboxylic acids is 1. The first-order valence-corrected chi connectivity index (χ1v) is 13.5. The van der Waals surface area contributed by atoms with Crippen LogP contribution in [-0.4, -0.2) is 36.9 Å². The van der Waals surface area contributed by atoms with Gasteiger partial charge in [0.25, 0.3) is 5.91 Å². The van der Waals surface area contributed by atoms with Crippen molar-refractivity contribution in [2.75, 3.05) is 12.0 Å². The smallest absolute Gasteiger partial charge is 0.253 e. The summed E-state index contributed by atoms with van der Waals surface area (Å²) in [6, 6.07) is 3.57. The maximum absolute atomic E-state index is 13.6. The van der Waals surface area contributed by atoms with Crippen LogP contribution in [-0.2, 0) is 16.4 Å². The van der Waals surface area contributed by atoms with Gasteiger partial charge < -0.3 is 9.88 Å². The zero-order valence-electron chi connectivity index (χ0n) is 18.7. The summed E-state index contributed by atoms with van der Waals surface area (Å²) in [4.78, 5) is 13.6. The van der Waals surface area contributed by atoms with E-state index in [1.165, 1.54) is 12.7 Å². The van der Waals surface area contributed by atoms with Gasteiger partial charge in [-0.25, -0.2) is 8.42 Å². The monoisotopic (exact) mass is 484 g/mol. The minimum atomic E-state index is -3.19. The quantitative estimate of drug-likeness (QED) is 0.630. The van der Waals surface area contributed by atoms with Crippen LogP contribution in [0.15, 0.2) is 12.1 Å². The van der Waals surface area contributed by atoms with E-state index in [4.69, 9.17) is 23.2 Å². The van der Waals surface area contributed by atoms with Crippen LogP contribution in [0.2, 0.25) is 10.0 Å². The number of nitrogens with one attached hydrogen (secondary N) is 1. The molecule has 5 nitrogen and oxygen atoms in total. The van der Waals surface area contributed by atoms with Gasteiger partial charge in [0.1, 0.15) is 9.84 Å². The lowest BCUT2D eigenvalue weighted by molar-refractivity contribution is 0.0738. The predicted molar refractivity (Wildman–Crippen MR) is 127 cm³/mol. The number of fused-ring (bicyclic) bond motifs is 3. The third-order valence-corrected chi connectivity index (χ3v) is 9.55. The normalized spacial score (nSPS) is 27.2. The van der Waals surface area contributed by atoms with Crippen molar-refractivity contribution in [1.29, 1.82) is 0 Å². The summed E-state index contributed by atoms with van der Waals surface area (Å²) < 4.78 is 25.4. The average molecular weight is 485 g/mol. The second kappa shape index (κ2) is 7.39. The van der Waals surface area contributed by atoms with E-state index in [1.54, 1.807) is 12.1 Å². The second-order valence-corrected chi connectivity index (χ2v) is 13.4. The van der Waals surface area contributed by atoms with Crippen molar-refractivity contribution in [2.24, 2.45) is 16.7 Å². The highest BCUT2D eigenvalue weighted by Gasteiger charge is 2.59. The Balaban J connectivity index is 1.78. The van der Waals surface area contributed by atoms with Gasteiger partial charge in [-0.1, -0.05) is 50.0 Å². The number of aryl methyl sites for hydroxylation is 1. The van der Waals surface area contributed by atoms with E-state index in [0.29, 0.717) is 38.1 Å². The van der Waals surface area contributed by atoms with E-state index < -0.39 is 9.84 Å². The number of hydrogen-bond donors (Lipinski definition) is 1. The summed E-state index contributed by atoms with van der Waals surface area (Å²) in [6.07, 6.45) is 4.69. The van der Waals surface area contributed by atoms with E-state index in [2.05, 4.69) is 26.1 Å². The molecule has 2 saturated carbocycles. The number of halogens is 2. The first kappa shape index (κ1) is 22.9. The number of rotatable bonds is 5.